The van der Waals surface area contributed by atoms with Crippen LogP contribution in [0.4, 0.5) is 5.69 Å². The van der Waals surface area contributed by atoms with Crippen LogP contribution in [0.1, 0.15) is 37.8 Å². The lowest BCUT2D eigenvalue weighted by Gasteiger charge is -2.31. The molecule has 0 spiro atoms. The number of hydrogen-bond acceptors (Lipinski definition) is 4. The van der Waals surface area contributed by atoms with E-state index in [-0.39, 0.29) is 18.1 Å². The zero-order valence-corrected chi connectivity index (χ0v) is 23.0. The van der Waals surface area contributed by atoms with Crippen molar-refractivity contribution in [2.75, 3.05) is 23.7 Å². The van der Waals surface area contributed by atoms with E-state index in [2.05, 4.69) is 21.2 Å². The molecule has 2 rings (SSSR count). The molecule has 1 atom stereocenters. The summed E-state index contributed by atoms with van der Waals surface area (Å²) in [6.07, 6.45) is 2.79. The van der Waals surface area contributed by atoms with Gasteiger partial charge in [-0.05, 0) is 55.7 Å². The Morgan fingerprint density at radius 1 is 1.18 bits per heavy atom. The van der Waals surface area contributed by atoms with Crippen molar-refractivity contribution in [3.05, 3.63) is 63.1 Å². The first kappa shape index (κ1) is 28.1. The fourth-order valence-corrected chi connectivity index (χ4v) is 4.76. The van der Waals surface area contributed by atoms with Crippen molar-refractivity contribution in [2.24, 2.45) is 0 Å². The highest BCUT2D eigenvalue weighted by Crippen LogP contribution is 2.25. The predicted molar refractivity (Wildman–Crippen MR) is 140 cm³/mol. The predicted octanol–water partition coefficient (Wildman–Crippen LogP) is 4.51. The van der Waals surface area contributed by atoms with E-state index in [1.807, 2.05) is 31.2 Å². The smallest absolute Gasteiger partial charge is 0.244 e. The number of amides is 2. The van der Waals surface area contributed by atoms with Crippen LogP contribution >= 0.6 is 27.5 Å². The lowest BCUT2D eigenvalue weighted by molar-refractivity contribution is -0.139. The third-order valence-electron chi connectivity index (χ3n) is 5.36. The maximum atomic E-state index is 13.5. The SMILES string of the molecule is CCCCNC(=O)[C@H](C)N(Cc1cccc(Br)c1)C(=O)CN(c1ccc(C)c(Cl)c1)S(C)(=O)=O. The van der Waals surface area contributed by atoms with Gasteiger partial charge in [0, 0.05) is 22.6 Å². The van der Waals surface area contributed by atoms with Crippen molar-refractivity contribution in [3.63, 3.8) is 0 Å². The fourth-order valence-electron chi connectivity index (χ4n) is 3.30. The molecular weight excluding hydrogens is 542 g/mol. The standard InChI is InChI=1S/C24H31BrClN3O4S/c1-5-6-12-27-24(31)18(3)28(15-19-8-7-9-20(25)13-19)23(30)16-29(34(4,32)33)21-11-10-17(2)22(26)14-21/h7-11,13-14,18H,5-6,12,15-16H2,1-4H3,(H,27,31)/t18-/m0/s1. The Bertz CT molecular complexity index is 1130. The van der Waals surface area contributed by atoms with Crippen LogP contribution < -0.4 is 9.62 Å². The highest BCUT2D eigenvalue weighted by Gasteiger charge is 2.30. The van der Waals surface area contributed by atoms with E-state index in [0.29, 0.717) is 11.6 Å². The fraction of sp³-hybridized carbons (Fsp3) is 0.417. The Kier molecular flexibility index (Phi) is 10.4. The Morgan fingerprint density at radius 3 is 2.47 bits per heavy atom. The zero-order chi connectivity index (χ0) is 25.5. The number of nitrogens with one attached hydrogen (secondary N) is 1. The van der Waals surface area contributed by atoms with Gasteiger partial charge in [0.05, 0.1) is 11.9 Å². The monoisotopic (exact) mass is 571 g/mol. The molecule has 34 heavy (non-hydrogen) atoms. The van der Waals surface area contributed by atoms with Crippen LogP contribution in [0.5, 0.6) is 0 Å². The van der Waals surface area contributed by atoms with Gasteiger partial charge in [0.1, 0.15) is 12.6 Å². The minimum absolute atomic E-state index is 0.146. The van der Waals surface area contributed by atoms with E-state index < -0.39 is 28.5 Å². The van der Waals surface area contributed by atoms with E-state index in [9.17, 15) is 18.0 Å². The van der Waals surface area contributed by atoms with Crippen LogP contribution in [0.25, 0.3) is 0 Å². The largest absolute Gasteiger partial charge is 0.354 e. The van der Waals surface area contributed by atoms with Gasteiger partial charge in [-0.15, -0.1) is 0 Å². The lowest BCUT2D eigenvalue weighted by atomic mass is 10.1. The van der Waals surface area contributed by atoms with E-state index in [1.165, 1.54) is 11.0 Å². The Morgan fingerprint density at radius 2 is 1.88 bits per heavy atom. The van der Waals surface area contributed by atoms with Gasteiger partial charge in [-0.1, -0.05) is 59.1 Å². The summed E-state index contributed by atoms with van der Waals surface area (Å²) < 4.78 is 27.0. The average Bonchev–Trinajstić information content (AvgIpc) is 2.76. The summed E-state index contributed by atoms with van der Waals surface area (Å²) in [5.41, 5.74) is 1.88. The van der Waals surface area contributed by atoms with E-state index in [1.54, 1.807) is 26.0 Å². The molecule has 0 saturated heterocycles. The first-order valence-corrected chi connectivity index (χ1v) is 14.0. The molecule has 0 radical (unpaired) electrons. The van der Waals surface area contributed by atoms with Crippen molar-refractivity contribution in [1.82, 2.24) is 10.2 Å². The third kappa shape index (κ3) is 7.99. The highest BCUT2D eigenvalue weighted by atomic mass is 79.9. The molecule has 2 aromatic rings. The number of carbonyl (C=O) groups is 2. The molecule has 7 nitrogen and oxygen atoms in total. The molecule has 1 N–H and O–H groups in total. The average molecular weight is 573 g/mol. The molecule has 0 heterocycles. The number of aryl methyl sites for hydroxylation is 1. The maximum absolute atomic E-state index is 13.5. The topological polar surface area (TPSA) is 86.8 Å². The van der Waals surface area contributed by atoms with Gasteiger partial charge >= 0.3 is 0 Å². The van der Waals surface area contributed by atoms with Crippen LogP contribution in [0.3, 0.4) is 0 Å². The third-order valence-corrected chi connectivity index (χ3v) is 7.40. The molecule has 0 unspecified atom stereocenters. The second-order valence-corrected chi connectivity index (χ2v) is 11.4. The van der Waals surface area contributed by atoms with Crippen LogP contribution in [0, 0.1) is 6.92 Å². The quantitative estimate of drug-likeness (QED) is 0.402. The number of rotatable bonds is 11. The summed E-state index contributed by atoms with van der Waals surface area (Å²) >= 11 is 9.63. The van der Waals surface area contributed by atoms with Gasteiger partial charge in [0.15, 0.2) is 0 Å². The summed E-state index contributed by atoms with van der Waals surface area (Å²) in [4.78, 5) is 27.7. The van der Waals surface area contributed by atoms with Crippen molar-refractivity contribution in [2.45, 2.75) is 46.2 Å². The van der Waals surface area contributed by atoms with Crippen molar-refractivity contribution in [3.8, 4) is 0 Å². The maximum Gasteiger partial charge on any atom is 0.244 e. The second-order valence-electron chi connectivity index (χ2n) is 8.18. The normalized spacial score (nSPS) is 12.2. The molecule has 0 bridgehead atoms. The van der Waals surface area contributed by atoms with E-state index >= 15 is 0 Å². The van der Waals surface area contributed by atoms with Crippen LogP contribution in [0.15, 0.2) is 46.9 Å². The Hall–Kier alpha value is -2.10. The summed E-state index contributed by atoms with van der Waals surface area (Å²) in [5, 5.41) is 3.25. The number of hydrogen-bond donors (Lipinski definition) is 1. The van der Waals surface area contributed by atoms with Crippen molar-refractivity contribution < 1.29 is 18.0 Å². The van der Waals surface area contributed by atoms with Crippen molar-refractivity contribution in [1.29, 1.82) is 0 Å². The van der Waals surface area contributed by atoms with E-state index in [4.69, 9.17) is 11.6 Å². The molecule has 0 aromatic heterocycles. The number of unbranched alkanes of at least 4 members (excludes halogenated alkanes) is 1. The van der Waals surface area contributed by atoms with Crippen molar-refractivity contribution >= 4 is 55.1 Å². The van der Waals surface area contributed by atoms with Crippen LogP contribution in [0.2, 0.25) is 5.02 Å². The first-order valence-electron chi connectivity index (χ1n) is 11.0. The van der Waals surface area contributed by atoms with Gasteiger partial charge in [-0.3, -0.25) is 13.9 Å². The molecule has 10 heteroatoms. The number of carbonyl (C=O) groups excluding carboxylic acids is 2. The molecule has 0 aliphatic heterocycles. The van der Waals surface area contributed by atoms with Gasteiger partial charge in [0.25, 0.3) is 0 Å². The lowest BCUT2D eigenvalue weighted by Crippen LogP contribution is -2.51. The first-order chi connectivity index (χ1) is 15.9. The summed E-state index contributed by atoms with van der Waals surface area (Å²) in [5.74, 6) is -0.790. The highest BCUT2D eigenvalue weighted by molar-refractivity contribution is 9.10. The molecule has 186 valence electrons. The van der Waals surface area contributed by atoms with Crippen LogP contribution in [-0.2, 0) is 26.2 Å². The number of nitrogens with zero attached hydrogens (tertiary/aromatic N) is 2. The summed E-state index contributed by atoms with van der Waals surface area (Å²) in [6.45, 7) is 5.67. The van der Waals surface area contributed by atoms with E-state index in [0.717, 1.165) is 39.0 Å². The summed E-state index contributed by atoms with van der Waals surface area (Å²) in [7, 11) is -3.80. The zero-order valence-electron chi connectivity index (χ0n) is 19.8. The number of anilines is 1. The Balaban J connectivity index is 2.37. The van der Waals surface area contributed by atoms with Gasteiger partial charge in [-0.2, -0.15) is 0 Å². The van der Waals surface area contributed by atoms with Crippen LogP contribution in [-0.4, -0.2) is 50.5 Å². The molecule has 0 fully saturated rings. The molecule has 0 aliphatic carbocycles. The second kappa shape index (κ2) is 12.6. The number of sulfonamides is 1. The number of benzene rings is 2. The molecule has 2 aromatic carbocycles. The van der Waals surface area contributed by atoms with Gasteiger partial charge in [-0.25, -0.2) is 8.42 Å². The minimum Gasteiger partial charge on any atom is -0.354 e. The van der Waals surface area contributed by atoms with Gasteiger partial charge in [0.2, 0.25) is 21.8 Å². The Labute approximate surface area is 215 Å². The molecule has 2 amide bonds. The minimum atomic E-state index is -3.80. The molecule has 0 saturated carbocycles. The summed E-state index contributed by atoms with van der Waals surface area (Å²) in [6, 6.07) is 11.4. The molecular formula is C24H31BrClN3O4S. The molecule has 0 aliphatic rings. The van der Waals surface area contributed by atoms with Gasteiger partial charge < -0.3 is 10.2 Å². The number of halogens is 2.